The first kappa shape index (κ1) is 22.5. The van der Waals surface area contributed by atoms with Crippen molar-refractivity contribution in [2.45, 2.75) is 24.7 Å². The first-order valence-electron chi connectivity index (χ1n) is 8.17. The minimum atomic E-state index is -3.58. The van der Waals surface area contributed by atoms with Gasteiger partial charge in [0.25, 0.3) is 0 Å². The number of carbonyl (C=O) groups excluding carboxylic acids is 1. The molecule has 1 aliphatic rings. The van der Waals surface area contributed by atoms with Crippen LogP contribution in [0.1, 0.15) is 19.8 Å². The molecular weight excluding hydrogens is 380 g/mol. The number of rotatable bonds is 7. The van der Waals surface area contributed by atoms with Crippen LogP contribution in [0.2, 0.25) is 0 Å². The van der Waals surface area contributed by atoms with Crippen LogP contribution >= 0.6 is 12.4 Å². The van der Waals surface area contributed by atoms with Crippen molar-refractivity contribution in [3.63, 3.8) is 0 Å². The molecule has 0 aromatic heterocycles. The number of nitrogens with two attached hydrogens (primary N) is 1. The average Bonchev–Trinajstić information content (AvgIpc) is 3.02. The standard InChI is InChI=1S/C17H26N2O5S.ClH/c1-17(11-18)7-8-19(12-17)16(20)6-9-25(21,22)13-4-5-14(23-2)15(10-13)24-3;/h4-5,10H,6-9,11-12,18H2,1-3H3;1H. The smallest absolute Gasteiger partial charge is 0.223 e. The van der Waals surface area contributed by atoms with Crippen LogP contribution in [-0.2, 0) is 14.6 Å². The lowest BCUT2D eigenvalue weighted by molar-refractivity contribution is -0.130. The minimum Gasteiger partial charge on any atom is -0.493 e. The lowest BCUT2D eigenvalue weighted by Crippen LogP contribution is -2.35. The molecule has 0 saturated carbocycles. The molecule has 9 heteroatoms. The van der Waals surface area contributed by atoms with Crippen LogP contribution in [0.4, 0.5) is 0 Å². The number of methoxy groups -OCH3 is 2. The van der Waals surface area contributed by atoms with E-state index >= 15 is 0 Å². The zero-order valence-corrected chi connectivity index (χ0v) is 17.0. The Hall–Kier alpha value is -1.51. The zero-order valence-electron chi connectivity index (χ0n) is 15.4. The summed E-state index contributed by atoms with van der Waals surface area (Å²) in [6.07, 6.45) is 0.801. The van der Waals surface area contributed by atoms with E-state index in [0.29, 0.717) is 31.1 Å². The fourth-order valence-corrected chi connectivity index (χ4v) is 4.15. The lowest BCUT2D eigenvalue weighted by atomic mass is 9.90. The van der Waals surface area contributed by atoms with Crippen LogP contribution in [0.5, 0.6) is 11.5 Å². The van der Waals surface area contributed by atoms with Crippen molar-refractivity contribution in [1.82, 2.24) is 4.90 Å². The predicted octanol–water partition coefficient (Wildman–Crippen LogP) is 1.49. The van der Waals surface area contributed by atoms with Gasteiger partial charge in [-0.2, -0.15) is 0 Å². The number of hydrogen-bond acceptors (Lipinski definition) is 6. The molecule has 1 aromatic carbocycles. The Morgan fingerprint density at radius 3 is 2.46 bits per heavy atom. The molecule has 7 nitrogen and oxygen atoms in total. The first-order chi connectivity index (χ1) is 11.7. The molecule has 0 bridgehead atoms. The normalized spacial score (nSPS) is 19.8. The van der Waals surface area contributed by atoms with Gasteiger partial charge in [-0.15, -0.1) is 12.4 Å². The van der Waals surface area contributed by atoms with Crippen LogP contribution in [0.15, 0.2) is 23.1 Å². The second-order valence-corrected chi connectivity index (χ2v) is 8.77. The molecule has 2 rings (SSSR count). The van der Waals surface area contributed by atoms with Crippen molar-refractivity contribution in [3.8, 4) is 11.5 Å². The summed E-state index contributed by atoms with van der Waals surface area (Å²) >= 11 is 0. The molecule has 0 aliphatic carbocycles. The highest BCUT2D eigenvalue weighted by atomic mass is 35.5. The number of carbonyl (C=O) groups is 1. The molecule has 148 valence electrons. The largest absolute Gasteiger partial charge is 0.493 e. The van der Waals surface area contributed by atoms with Gasteiger partial charge < -0.3 is 20.1 Å². The van der Waals surface area contributed by atoms with Crippen LogP contribution in [0.25, 0.3) is 0 Å². The number of nitrogens with zero attached hydrogens (tertiary/aromatic N) is 1. The maximum Gasteiger partial charge on any atom is 0.223 e. The quantitative estimate of drug-likeness (QED) is 0.736. The molecule has 1 atom stereocenters. The Morgan fingerprint density at radius 1 is 1.27 bits per heavy atom. The van der Waals surface area contributed by atoms with Crippen LogP contribution < -0.4 is 15.2 Å². The van der Waals surface area contributed by atoms with Crippen molar-refractivity contribution >= 4 is 28.2 Å². The Kier molecular flexibility index (Phi) is 7.73. The Balaban J connectivity index is 0.00000338. The van der Waals surface area contributed by atoms with E-state index in [2.05, 4.69) is 0 Å². The van der Waals surface area contributed by atoms with E-state index in [-0.39, 0.29) is 40.8 Å². The average molecular weight is 407 g/mol. The fourth-order valence-electron chi connectivity index (χ4n) is 2.91. The molecule has 1 saturated heterocycles. The molecule has 1 fully saturated rings. The summed E-state index contributed by atoms with van der Waals surface area (Å²) in [5.41, 5.74) is 5.67. The van der Waals surface area contributed by atoms with Gasteiger partial charge in [-0.1, -0.05) is 6.92 Å². The topological polar surface area (TPSA) is 98.9 Å². The maximum absolute atomic E-state index is 12.5. The number of amides is 1. The maximum atomic E-state index is 12.5. The molecule has 1 heterocycles. The molecule has 1 unspecified atom stereocenters. The molecule has 1 aliphatic heterocycles. The van der Waals surface area contributed by atoms with Gasteiger partial charge in [0, 0.05) is 25.6 Å². The van der Waals surface area contributed by atoms with Gasteiger partial charge in [0.15, 0.2) is 21.3 Å². The van der Waals surface area contributed by atoms with E-state index in [1.165, 1.54) is 26.4 Å². The molecule has 0 spiro atoms. The number of hydrogen-bond donors (Lipinski definition) is 1. The number of likely N-dealkylation sites (tertiary alicyclic amines) is 1. The number of halogens is 1. The third-order valence-electron chi connectivity index (χ3n) is 4.70. The van der Waals surface area contributed by atoms with Crippen molar-refractivity contribution in [2.75, 3.05) is 39.6 Å². The van der Waals surface area contributed by atoms with E-state index in [4.69, 9.17) is 15.2 Å². The van der Waals surface area contributed by atoms with Crippen molar-refractivity contribution < 1.29 is 22.7 Å². The molecule has 1 amide bonds. The molecular formula is C17H27ClN2O5S. The van der Waals surface area contributed by atoms with Gasteiger partial charge in [0.05, 0.1) is 24.9 Å². The lowest BCUT2D eigenvalue weighted by Gasteiger charge is -2.22. The number of ether oxygens (including phenoxy) is 2. The highest BCUT2D eigenvalue weighted by Crippen LogP contribution is 2.31. The van der Waals surface area contributed by atoms with Gasteiger partial charge >= 0.3 is 0 Å². The summed E-state index contributed by atoms with van der Waals surface area (Å²) in [7, 11) is -0.658. The summed E-state index contributed by atoms with van der Waals surface area (Å²) in [5.74, 6) is 0.405. The Labute approximate surface area is 161 Å². The third-order valence-corrected chi connectivity index (χ3v) is 6.42. The highest BCUT2D eigenvalue weighted by Gasteiger charge is 2.35. The fraction of sp³-hybridized carbons (Fsp3) is 0.588. The van der Waals surface area contributed by atoms with Crippen LogP contribution in [-0.4, -0.2) is 58.8 Å². The van der Waals surface area contributed by atoms with Gasteiger partial charge in [-0.3, -0.25) is 4.79 Å². The van der Waals surface area contributed by atoms with E-state index < -0.39 is 9.84 Å². The SMILES string of the molecule is COc1ccc(S(=O)(=O)CCC(=O)N2CCC(C)(CN)C2)cc1OC.Cl. The predicted molar refractivity (Wildman–Crippen MR) is 102 cm³/mol. The monoisotopic (exact) mass is 406 g/mol. The van der Waals surface area contributed by atoms with Gasteiger partial charge in [-0.25, -0.2) is 8.42 Å². The highest BCUT2D eigenvalue weighted by molar-refractivity contribution is 7.91. The Bertz CT molecular complexity index is 741. The van der Waals surface area contributed by atoms with Gasteiger partial charge in [0.2, 0.25) is 5.91 Å². The van der Waals surface area contributed by atoms with E-state index in [9.17, 15) is 13.2 Å². The van der Waals surface area contributed by atoms with Crippen molar-refractivity contribution in [2.24, 2.45) is 11.1 Å². The third kappa shape index (κ3) is 5.02. The number of benzene rings is 1. The van der Waals surface area contributed by atoms with E-state index in [1.807, 2.05) is 6.92 Å². The number of sulfone groups is 1. The first-order valence-corrected chi connectivity index (χ1v) is 9.82. The summed E-state index contributed by atoms with van der Waals surface area (Å²) in [4.78, 5) is 14.1. The van der Waals surface area contributed by atoms with Crippen molar-refractivity contribution in [3.05, 3.63) is 18.2 Å². The minimum absolute atomic E-state index is 0. The van der Waals surface area contributed by atoms with Crippen molar-refractivity contribution in [1.29, 1.82) is 0 Å². The van der Waals surface area contributed by atoms with Crippen LogP contribution in [0, 0.1) is 5.41 Å². The Morgan fingerprint density at radius 2 is 1.92 bits per heavy atom. The molecule has 0 radical (unpaired) electrons. The van der Waals surface area contributed by atoms with E-state index in [0.717, 1.165) is 6.42 Å². The summed E-state index contributed by atoms with van der Waals surface area (Å²) in [6, 6.07) is 4.42. The van der Waals surface area contributed by atoms with Gasteiger partial charge in [-0.05, 0) is 30.5 Å². The summed E-state index contributed by atoms with van der Waals surface area (Å²) in [5, 5.41) is 0. The molecule has 26 heavy (non-hydrogen) atoms. The second kappa shape index (κ2) is 8.92. The van der Waals surface area contributed by atoms with Crippen LogP contribution in [0.3, 0.4) is 0 Å². The van der Waals surface area contributed by atoms with Gasteiger partial charge in [0.1, 0.15) is 0 Å². The summed E-state index contributed by atoms with van der Waals surface area (Å²) < 4.78 is 35.3. The van der Waals surface area contributed by atoms with E-state index in [1.54, 1.807) is 11.0 Å². The molecule has 1 aromatic rings. The summed E-state index contributed by atoms with van der Waals surface area (Å²) in [6.45, 7) is 3.77. The second-order valence-electron chi connectivity index (χ2n) is 6.67. The molecule has 2 N–H and O–H groups in total. The zero-order chi connectivity index (χ0) is 18.7.